The molecule has 0 bridgehead atoms. The molecule has 3 rings (SSSR count). The van der Waals surface area contributed by atoms with Gasteiger partial charge in [0.25, 0.3) is 5.91 Å². The van der Waals surface area contributed by atoms with E-state index in [1.807, 2.05) is 56.0 Å². The third-order valence-electron chi connectivity index (χ3n) is 5.81. The predicted molar refractivity (Wildman–Crippen MR) is 135 cm³/mol. The number of amides is 2. The Morgan fingerprint density at radius 2 is 1.72 bits per heavy atom. The lowest BCUT2D eigenvalue weighted by Crippen LogP contribution is -2.50. The number of carbonyl (C=O) groups is 3. The largest absolute Gasteiger partial charge is 0.481 e. The van der Waals surface area contributed by atoms with E-state index in [4.69, 9.17) is 9.84 Å². The minimum atomic E-state index is -0.957. The highest BCUT2D eigenvalue weighted by molar-refractivity contribution is 5.95. The van der Waals surface area contributed by atoms with Gasteiger partial charge in [0, 0.05) is 45.5 Å². The van der Waals surface area contributed by atoms with E-state index in [0.717, 1.165) is 5.56 Å². The van der Waals surface area contributed by atoms with Gasteiger partial charge < -0.3 is 24.5 Å². The highest BCUT2D eigenvalue weighted by atomic mass is 16.6. The Morgan fingerprint density at radius 3 is 2.31 bits per heavy atom. The fourth-order valence-corrected chi connectivity index (χ4v) is 3.86. The summed E-state index contributed by atoms with van der Waals surface area (Å²) in [5.41, 5.74) is 1.40. The number of aliphatic carboxylic acids is 1. The van der Waals surface area contributed by atoms with Gasteiger partial charge >= 0.3 is 12.1 Å². The second kappa shape index (κ2) is 11.8. The molecule has 1 aromatic carbocycles. The summed E-state index contributed by atoms with van der Waals surface area (Å²) in [6.07, 6.45) is 1.65. The minimum absolute atomic E-state index is 0.106. The number of hydrogen-bond acceptors (Lipinski definition) is 7. The van der Waals surface area contributed by atoms with Crippen LogP contribution in [0.5, 0.6) is 0 Å². The van der Waals surface area contributed by atoms with Crippen LogP contribution in [-0.2, 0) is 16.0 Å². The van der Waals surface area contributed by atoms with Crippen LogP contribution in [0.15, 0.2) is 36.5 Å². The molecule has 10 nitrogen and oxygen atoms in total. The first-order valence-electron chi connectivity index (χ1n) is 12.1. The highest BCUT2D eigenvalue weighted by Crippen LogP contribution is 2.17. The summed E-state index contributed by atoms with van der Waals surface area (Å²) >= 11 is 0. The topological polar surface area (TPSA) is 116 Å². The number of aromatic nitrogens is 2. The van der Waals surface area contributed by atoms with E-state index in [9.17, 15) is 14.4 Å². The lowest BCUT2D eigenvalue weighted by atomic mass is 10.1. The Morgan fingerprint density at radius 1 is 1.06 bits per heavy atom. The van der Waals surface area contributed by atoms with Crippen LogP contribution in [-0.4, -0.2) is 87.7 Å². The molecule has 2 amide bonds. The molecule has 0 atom stereocenters. The number of carbonyl (C=O) groups excluding carboxylic acids is 2. The molecule has 2 heterocycles. The molecule has 0 unspecified atom stereocenters. The molecule has 0 spiro atoms. The van der Waals surface area contributed by atoms with Crippen LogP contribution in [0.2, 0.25) is 0 Å². The van der Waals surface area contributed by atoms with Crippen molar-refractivity contribution in [3.8, 4) is 0 Å². The van der Waals surface area contributed by atoms with Crippen molar-refractivity contribution in [2.24, 2.45) is 0 Å². The summed E-state index contributed by atoms with van der Waals surface area (Å²) in [7, 11) is 0. The average molecular weight is 498 g/mol. The number of hydrogen-bond donors (Lipinski definition) is 1. The van der Waals surface area contributed by atoms with Gasteiger partial charge in [-0.25, -0.2) is 14.8 Å². The van der Waals surface area contributed by atoms with Gasteiger partial charge in [-0.05, 0) is 39.7 Å². The number of benzene rings is 1. The molecule has 0 aliphatic carbocycles. The van der Waals surface area contributed by atoms with Crippen molar-refractivity contribution >= 4 is 23.9 Å². The van der Waals surface area contributed by atoms with E-state index in [1.54, 1.807) is 16.7 Å². The van der Waals surface area contributed by atoms with E-state index in [1.165, 1.54) is 6.20 Å². The first kappa shape index (κ1) is 26.9. The molecule has 1 aromatic heterocycles. The molecule has 1 N–H and O–H groups in total. The van der Waals surface area contributed by atoms with Gasteiger partial charge in [0.2, 0.25) is 5.95 Å². The fourth-order valence-electron chi connectivity index (χ4n) is 3.86. The van der Waals surface area contributed by atoms with E-state index in [0.29, 0.717) is 56.4 Å². The SMILES string of the molecule is Cc1nc(N2CCN(C(=O)OC(C)(C)C)CC2)ncc1C(=O)N(CCC(=O)O)CCc1ccccc1. The Kier molecular flexibility index (Phi) is 8.84. The Labute approximate surface area is 211 Å². The van der Waals surface area contributed by atoms with Crippen LogP contribution in [0.4, 0.5) is 10.7 Å². The molecule has 1 aliphatic heterocycles. The van der Waals surface area contributed by atoms with E-state index >= 15 is 0 Å². The second-order valence-electron chi connectivity index (χ2n) is 9.80. The number of aryl methyl sites for hydroxylation is 1. The Bertz CT molecular complexity index is 1060. The van der Waals surface area contributed by atoms with E-state index in [2.05, 4.69) is 9.97 Å². The van der Waals surface area contributed by atoms with Gasteiger partial charge in [-0.2, -0.15) is 0 Å². The predicted octanol–water partition coefficient (Wildman–Crippen LogP) is 3.00. The Balaban J connectivity index is 1.65. The molecule has 2 aromatic rings. The van der Waals surface area contributed by atoms with Crippen molar-refractivity contribution in [2.75, 3.05) is 44.2 Å². The molecule has 0 radical (unpaired) electrons. The highest BCUT2D eigenvalue weighted by Gasteiger charge is 2.27. The van der Waals surface area contributed by atoms with Gasteiger partial charge in [-0.3, -0.25) is 9.59 Å². The quantitative estimate of drug-likeness (QED) is 0.592. The van der Waals surface area contributed by atoms with Gasteiger partial charge in [-0.15, -0.1) is 0 Å². The minimum Gasteiger partial charge on any atom is -0.481 e. The second-order valence-corrected chi connectivity index (χ2v) is 9.80. The zero-order valence-electron chi connectivity index (χ0n) is 21.4. The van der Waals surface area contributed by atoms with Gasteiger partial charge in [0.05, 0.1) is 17.7 Å². The summed E-state index contributed by atoms with van der Waals surface area (Å²) in [6, 6.07) is 9.75. The lowest BCUT2D eigenvalue weighted by Gasteiger charge is -2.35. The molecule has 1 saturated heterocycles. The smallest absolute Gasteiger partial charge is 0.410 e. The van der Waals surface area contributed by atoms with Crippen LogP contribution in [0.25, 0.3) is 0 Å². The lowest BCUT2D eigenvalue weighted by molar-refractivity contribution is -0.137. The molecule has 36 heavy (non-hydrogen) atoms. The average Bonchev–Trinajstić information content (AvgIpc) is 2.83. The summed E-state index contributed by atoms with van der Waals surface area (Å²) in [5.74, 6) is -0.749. The van der Waals surface area contributed by atoms with Crippen molar-refractivity contribution in [3.05, 3.63) is 53.3 Å². The van der Waals surface area contributed by atoms with Gasteiger partial charge in [-0.1, -0.05) is 30.3 Å². The van der Waals surface area contributed by atoms with Gasteiger partial charge in [0.15, 0.2) is 0 Å². The maximum Gasteiger partial charge on any atom is 0.410 e. The molecule has 1 aliphatic rings. The van der Waals surface area contributed by atoms with Crippen LogP contribution >= 0.6 is 0 Å². The first-order chi connectivity index (χ1) is 17.0. The third kappa shape index (κ3) is 7.66. The number of carboxylic acid groups (broad SMARTS) is 1. The maximum atomic E-state index is 13.3. The van der Waals surface area contributed by atoms with Crippen LogP contribution in [0.1, 0.15) is 48.8 Å². The molecule has 194 valence electrons. The summed E-state index contributed by atoms with van der Waals surface area (Å²) in [5, 5.41) is 9.14. The van der Waals surface area contributed by atoms with Crippen LogP contribution < -0.4 is 4.90 Å². The summed E-state index contributed by atoms with van der Waals surface area (Å²) in [6.45, 7) is 9.84. The van der Waals surface area contributed by atoms with Crippen molar-refractivity contribution < 1.29 is 24.2 Å². The van der Waals surface area contributed by atoms with E-state index in [-0.39, 0.29) is 25.0 Å². The van der Waals surface area contributed by atoms with Crippen molar-refractivity contribution in [1.29, 1.82) is 0 Å². The van der Waals surface area contributed by atoms with Gasteiger partial charge in [0.1, 0.15) is 5.60 Å². The standard InChI is InChI=1S/C26H35N5O5/c1-19-21(23(34)29(13-11-22(32)33)12-10-20-8-6-5-7-9-20)18-27-24(28-19)30-14-16-31(17-15-30)25(35)36-26(2,3)4/h5-9,18H,10-17H2,1-4H3,(H,32,33). The maximum absolute atomic E-state index is 13.3. The number of piperazine rings is 1. The van der Waals surface area contributed by atoms with Crippen LogP contribution in [0, 0.1) is 6.92 Å². The number of anilines is 1. The number of nitrogens with zero attached hydrogens (tertiary/aromatic N) is 5. The van der Waals surface area contributed by atoms with Crippen molar-refractivity contribution in [3.63, 3.8) is 0 Å². The summed E-state index contributed by atoms with van der Waals surface area (Å²) < 4.78 is 5.44. The van der Waals surface area contributed by atoms with Crippen molar-refractivity contribution in [1.82, 2.24) is 19.8 Å². The van der Waals surface area contributed by atoms with Crippen LogP contribution in [0.3, 0.4) is 0 Å². The molecular formula is C26H35N5O5. The molecule has 10 heteroatoms. The van der Waals surface area contributed by atoms with E-state index < -0.39 is 11.6 Å². The zero-order valence-corrected chi connectivity index (χ0v) is 21.4. The number of carboxylic acids is 1. The molecule has 1 fully saturated rings. The zero-order chi connectivity index (χ0) is 26.3. The molecule has 0 saturated carbocycles. The fraction of sp³-hybridized carbons (Fsp3) is 0.500. The number of ether oxygens (including phenoxy) is 1. The number of rotatable bonds is 8. The first-order valence-corrected chi connectivity index (χ1v) is 12.1. The monoisotopic (exact) mass is 497 g/mol. The van der Waals surface area contributed by atoms with Crippen molar-refractivity contribution in [2.45, 2.75) is 46.1 Å². The Hall–Kier alpha value is -3.69. The third-order valence-corrected chi connectivity index (χ3v) is 5.81. The normalized spacial score (nSPS) is 13.9. The summed E-state index contributed by atoms with van der Waals surface area (Å²) in [4.78, 5) is 50.9. The molecular weight excluding hydrogens is 462 g/mol.